The van der Waals surface area contributed by atoms with Crippen molar-refractivity contribution in [1.82, 2.24) is 10.2 Å². The van der Waals surface area contributed by atoms with E-state index in [2.05, 4.69) is 67.4 Å². The van der Waals surface area contributed by atoms with Crippen LogP contribution in [0.2, 0.25) is 0 Å². The van der Waals surface area contributed by atoms with E-state index in [9.17, 15) is 0 Å². The zero-order valence-corrected chi connectivity index (χ0v) is 20.3. The maximum absolute atomic E-state index is 6.21. The standard InChI is InChI=1S/C25H36N2O.2ClH/c1-4-5-7-12-24(27-15-13-26-14-16-27)23-17-20(2)25(21(3)18-23)28-19-22-10-8-6-9-11-22;;/h6,8-11,17-18,24,26H,4-5,7,12-16,19H2,1-3H3;2*1H/t24-;;/m0../s1. The van der Waals surface area contributed by atoms with Gasteiger partial charge in [-0.25, -0.2) is 0 Å². The van der Waals surface area contributed by atoms with E-state index in [1.54, 1.807) is 0 Å². The summed E-state index contributed by atoms with van der Waals surface area (Å²) in [5.41, 5.74) is 5.17. The number of benzene rings is 2. The minimum absolute atomic E-state index is 0. The summed E-state index contributed by atoms with van der Waals surface area (Å²) in [5.74, 6) is 1.04. The number of aryl methyl sites for hydroxylation is 2. The van der Waals surface area contributed by atoms with Gasteiger partial charge in [0.05, 0.1) is 0 Å². The summed E-state index contributed by atoms with van der Waals surface area (Å²) in [4.78, 5) is 2.67. The van der Waals surface area contributed by atoms with Crippen molar-refractivity contribution in [2.45, 2.75) is 59.1 Å². The van der Waals surface area contributed by atoms with Gasteiger partial charge in [0.15, 0.2) is 0 Å². The molecule has 1 heterocycles. The Balaban J connectivity index is 0.00000225. The number of nitrogens with zero attached hydrogens (tertiary/aromatic N) is 1. The van der Waals surface area contributed by atoms with E-state index < -0.39 is 0 Å². The fourth-order valence-electron chi connectivity index (χ4n) is 4.28. The molecular formula is C25H38Cl2N2O. The molecule has 1 aliphatic heterocycles. The average Bonchev–Trinajstić information content (AvgIpc) is 2.72. The number of hydrogen-bond donors (Lipinski definition) is 1. The predicted molar refractivity (Wildman–Crippen MR) is 133 cm³/mol. The summed E-state index contributed by atoms with van der Waals surface area (Å²) in [6.45, 7) is 11.8. The molecule has 1 aliphatic rings. The lowest BCUT2D eigenvalue weighted by atomic mass is 9.94. The van der Waals surface area contributed by atoms with Crippen molar-refractivity contribution < 1.29 is 4.74 Å². The Hall–Kier alpha value is -1.26. The van der Waals surface area contributed by atoms with E-state index >= 15 is 0 Å². The fraction of sp³-hybridized carbons (Fsp3) is 0.520. The zero-order chi connectivity index (χ0) is 19.8. The molecular weight excluding hydrogens is 415 g/mol. The Morgan fingerprint density at radius 3 is 2.20 bits per heavy atom. The molecule has 1 saturated heterocycles. The van der Waals surface area contributed by atoms with Gasteiger partial charge >= 0.3 is 0 Å². The Morgan fingerprint density at radius 1 is 0.967 bits per heavy atom. The van der Waals surface area contributed by atoms with Gasteiger partial charge in [-0.1, -0.05) is 68.7 Å². The second-order valence-electron chi connectivity index (χ2n) is 8.06. The van der Waals surface area contributed by atoms with E-state index in [-0.39, 0.29) is 24.8 Å². The third-order valence-corrected chi connectivity index (χ3v) is 5.77. The highest BCUT2D eigenvalue weighted by atomic mass is 35.5. The molecule has 0 amide bonds. The third-order valence-electron chi connectivity index (χ3n) is 5.77. The Kier molecular flexibility index (Phi) is 12.4. The topological polar surface area (TPSA) is 24.5 Å². The number of piperazine rings is 1. The molecule has 1 N–H and O–H groups in total. The quantitative estimate of drug-likeness (QED) is 0.454. The van der Waals surface area contributed by atoms with E-state index in [0.717, 1.165) is 31.9 Å². The lowest BCUT2D eigenvalue weighted by molar-refractivity contribution is 0.162. The second kappa shape index (κ2) is 13.9. The van der Waals surface area contributed by atoms with Gasteiger partial charge < -0.3 is 10.1 Å². The monoisotopic (exact) mass is 452 g/mol. The number of hydrogen-bond acceptors (Lipinski definition) is 3. The lowest BCUT2D eigenvalue weighted by Gasteiger charge is -2.36. The fourth-order valence-corrected chi connectivity index (χ4v) is 4.28. The van der Waals surface area contributed by atoms with Crippen molar-refractivity contribution in [3.63, 3.8) is 0 Å². The molecule has 0 aromatic heterocycles. The van der Waals surface area contributed by atoms with Crippen LogP contribution in [-0.2, 0) is 6.61 Å². The van der Waals surface area contributed by atoms with Crippen molar-refractivity contribution >= 4 is 24.8 Å². The van der Waals surface area contributed by atoms with Crippen LogP contribution in [0.4, 0.5) is 0 Å². The molecule has 0 aliphatic carbocycles. The summed E-state index contributed by atoms with van der Waals surface area (Å²) in [5, 5.41) is 3.49. The van der Waals surface area contributed by atoms with Crippen LogP contribution in [0.5, 0.6) is 5.75 Å². The highest BCUT2D eigenvalue weighted by Gasteiger charge is 2.23. The first-order valence-corrected chi connectivity index (χ1v) is 10.9. The molecule has 0 unspecified atom stereocenters. The van der Waals surface area contributed by atoms with Gasteiger partial charge in [0.25, 0.3) is 0 Å². The molecule has 5 heteroatoms. The van der Waals surface area contributed by atoms with Crippen LogP contribution in [-0.4, -0.2) is 31.1 Å². The zero-order valence-electron chi connectivity index (χ0n) is 18.7. The van der Waals surface area contributed by atoms with Crippen LogP contribution in [0.1, 0.15) is 60.9 Å². The normalized spacial score (nSPS) is 15.0. The minimum atomic E-state index is 0. The molecule has 0 spiro atoms. The highest BCUT2D eigenvalue weighted by Crippen LogP contribution is 2.33. The molecule has 0 radical (unpaired) electrons. The number of rotatable bonds is 9. The molecule has 30 heavy (non-hydrogen) atoms. The molecule has 2 aromatic rings. The van der Waals surface area contributed by atoms with Crippen LogP contribution in [0, 0.1) is 13.8 Å². The Morgan fingerprint density at radius 2 is 1.60 bits per heavy atom. The Bertz CT molecular complexity index is 710. The van der Waals surface area contributed by atoms with Crippen LogP contribution < -0.4 is 10.1 Å². The number of unbranched alkanes of at least 4 members (excludes halogenated alkanes) is 2. The molecule has 1 fully saturated rings. The summed E-state index contributed by atoms with van der Waals surface area (Å²) >= 11 is 0. The molecule has 2 aromatic carbocycles. The first kappa shape index (κ1) is 26.8. The summed E-state index contributed by atoms with van der Waals surface area (Å²) in [6.07, 6.45) is 5.14. The van der Waals surface area contributed by atoms with Gasteiger partial charge in [0.2, 0.25) is 0 Å². The maximum atomic E-state index is 6.21. The Labute approximate surface area is 195 Å². The van der Waals surface area contributed by atoms with Crippen LogP contribution in [0.3, 0.4) is 0 Å². The lowest BCUT2D eigenvalue weighted by Crippen LogP contribution is -2.45. The van der Waals surface area contributed by atoms with Gasteiger partial charge in [-0.15, -0.1) is 24.8 Å². The van der Waals surface area contributed by atoms with Gasteiger partial charge in [0, 0.05) is 32.2 Å². The highest BCUT2D eigenvalue weighted by molar-refractivity contribution is 5.85. The summed E-state index contributed by atoms with van der Waals surface area (Å²) < 4.78 is 6.21. The first-order valence-electron chi connectivity index (χ1n) is 10.9. The SMILES string of the molecule is CCCCC[C@@H](c1cc(C)c(OCc2ccccc2)c(C)c1)N1CCNCC1.Cl.Cl. The van der Waals surface area contributed by atoms with E-state index in [0.29, 0.717) is 12.6 Å². The van der Waals surface area contributed by atoms with Crippen molar-refractivity contribution in [2.24, 2.45) is 0 Å². The van der Waals surface area contributed by atoms with E-state index in [1.807, 2.05) is 6.07 Å². The van der Waals surface area contributed by atoms with Crippen molar-refractivity contribution in [3.8, 4) is 5.75 Å². The minimum Gasteiger partial charge on any atom is -0.488 e. The van der Waals surface area contributed by atoms with E-state index in [4.69, 9.17) is 4.74 Å². The second-order valence-corrected chi connectivity index (χ2v) is 8.06. The van der Waals surface area contributed by atoms with Crippen LogP contribution >= 0.6 is 24.8 Å². The molecule has 0 saturated carbocycles. The largest absolute Gasteiger partial charge is 0.488 e. The predicted octanol–water partition coefficient (Wildman–Crippen LogP) is 6.25. The molecule has 168 valence electrons. The number of ether oxygens (including phenoxy) is 1. The van der Waals surface area contributed by atoms with Gasteiger partial charge in [0.1, 0.15) is 12.4 Å². The van der Waals surface area contributed by atoms with Crippen LogP contribution in [0.15, 0.2) is 42.5 Å². The van der Waals surface area contributed by atoms with Crippen LogP contribution in [0.25, 0.3) is 0 Å². The first-order chi connectivity index (χ1) is 13.7. The maximum Gasteiger partial charge on any atom is 0.125 e. The van der Waals surface area contributed by atoms with Gasteiger partial charge in [-0.05, 0) is 42.5 Å². The molecule has 3 rings (SSSR count). The summed E-state index contributed by atoms with van der Waals surface area (Å²) in [6, 6.07) is 15.7. The summed E-state index contributed by atoms with van der Waals surface area (Å²) in [7, 11) is 0. The van der Waals surface area contributed by atoms with Gasteiger partial charge in [-0.3, -0.25) is 4.90 Å². The third kappa shape index (κ3) is 7.46. The van der Waals surface area contributed by atoms with Crippen molar-refractivity contribution in [3.05, 3.63) is 64.7 Å². The number of halogens is 2. The van der Waals surface area contributed by atoms with Crippen molar-refractivity contribution in [1.29, 1.82) is 0 Å². The number of nitrogens with one attached hydrogen (secondary N) is 1. The molecule has 3 nitrogen and oxygen atoms in total. The smallest absolute Gasteiger partial charge is 0.125 e. The van der Waals surface area contributed by atoms with Crippen molar-refractivity contribution in [2.75, 3.05) is 26.2 Å². The van der Waals surface area contributed by atoms with E-state index in [1.165, 1.54) is 47.9 Å². The average molecular weight is 453 g/mol. The van der Waals surface area contributed by atoms with Gasteiger partial charge in [-0.2, -0.15) is 0 Å². The molecule has 0 bridgehead atoms. The molecule has 1 atom stereocenters.